The van der Waals surface area contributed by atoms with Crippen molar-refractivity contribution < 1.29 is 39.6 Å². The highest BCUT2D eigenvalue weighted by Gasteiger charge is 2.47. The van der Waals surface area contributed by atoms with Gasteiger partial charge < -0.3 is 20.4 Å². The minimum Gasteiger partial charge on any atom is -0.511 e. The number of carbonyl (C=O) groups is 4. The van der Waals surface area contributed by atoms with Gasteiger partial charge in [-0.1, -0.05) is 0 Å². The van der Waals surface area contributed by atoms with Crippen molar-refractivity contribution >= 4 is 23.1 Å². The van der Waals surface area contributed by atoms with Crippen LogP contribution in [0.2, 0.25) is 0 Å². The fraction of sp³-hybridized carbons (Fsp3) is 0.429. The van der Waals surface area contributed by atoms with Crippen LogP contribution in [0.15, 0.2) is 45.3 Å². The molecule has 0 unspecified atom stereocenters. The van der Waals surface area contributed by atoms with Crippen molar-refractivity contribution in [1.82, 2.24) is 0 Å². The number of carbonyl (C=O) groups excluding carboxylic acids is 4. The highest BCUT2D eigenvalue weighted by atomic mass is 16.3. The van der Waals surface area contributed by atoms with Crippen molar-refractivity contribution in [3.05, 3.63) is 45.3 Å². The summed E-state index contributed by atoms with van der Waals surface area (Å²) >= 11 is 0. The summed E-state index contributed by atoms with van der Waals surface area (Å²) in [4.78, 5) is 48.9. The summed E-state index contributed by atoms with van der Waals surface area (Å²) < 4.78 is 0. The van der Waals surface area contributed by atoms with E-state index in [9.17, 15) is 39.6 Å². The van der Waals surface area contributed by atoms with E-state index in [0.29, 0.717) is 0 Å². The van der Waals surface area contributed by atoms with Gasteiger partial charge >= 0.3 is 0 Å². The van der Waals surface area contributed by atoms with Crippen molar-refractivity contribution in [2.24, 2.45) is 10.8 Å². The van der Waals surface area contributed by atoms with Gasteiger partial charge in [-0.2, -0.15) is 0 Å². The van der Waals surface area contributed by atoms with Gasteiger partial charge in [0, 0.05) is 17.6 Å². The third-order valence-corrected chi connectivity index (χ3v) is 5.45. The molecule has 2 aliphatic rings. The fourth-order valence-electron chi connectivity index (χ4n) is 3.50. The van der Waals surface area contributed by atoms with E-state index < -0.39 is 74.6 Å². The minimum atomic E-state index is -1.54. The first-order valence-electron chi connectivity index (χ1n) is 8.92. The Hall–Kier alpha value is -3.16. The van der Waals surface area contributed by atoms with E-state index in [2.05, 4.69) is 0 Å². The molecule has 0 saturated carbocycles. The van der Waals surface area contributed by atoms with Crippen LogP contribution in [-0.2, 0) is 19.2 Å². The molecule has 0 heterocycles. The van der Waals surface area contributed by atoms with Gasteiger partial charge in [-0.25, -0.2) is 0 Å². The summed E-state index contributed by atoms with van der Waals surface area (Å²) in [6.45, 7) is 7.62. The lowest BCUT2D eigenvalue weighted by Crippen LogP contribution is -2.37. The fourth-order valence-corrected chi connectivity index (χ4v) is 3.50. The smallest absolute Gasteiger partial charge is 0.183 e. The summed E-state index contributed by atoms with van der Waals surface area (Å²) in [5.41, 5.74) is -4.63. The second-order valence-corrected chi connectivity index (χ2v) is 8.30. The van der Waals surface area contributed by atoms with E-state index in [-0.39, 0.29) is 11.1 Å². The first kappa shape index (κ1) is 22.1. The molecule has 156 valence electrons. The van der Waals surface area contributed by atoms with Crippen molar-refractivity contribution in [2.45, 2.75) is 48.0 Å². The standard InChI is InChI=1S/C21H24O8/c1-8(22)12-14(24)10(16(26)20(3,4)18(12)28)7-11-15(25)13(9(2)23)19(29)21(5,6)17(11)27/h24-27H,7H2,1-6H3. The number of aliphatic hydroxyl groups excluding tert-OH is 4. The van der Waals surface area contributed by atoms with Crippen LogP contribution in [0.1, 0.15) is 48.0 Å². The molecule has 0 amide bonds. The van der Waals surface area contributed by atoms with Crippen LogP contribution in [-0.4, -0.2) is 43.6 Å². The Bertz CT molecular complexity index is 916. The van der Waals surface area contributed by atoms with Crippen LogP contribution in [0.4, 0.5) is 0 Å². The van der Waals surface area contributed by atoms with Crippen LogP contribution >= 0.6 is 0 Å². The second-order valence-electron chi connectivity index (χ2n) is 8.30. The van der Waals surface area contributed by atoms with Crippen molar-refractivity contribution in [1.29, 1.82) is 0 Å². The number of ketones is 4. The zero-order valence-electron chi connectivity index (χ0n) is 17.1. The van der Waals surface area contributed by atoms with E-state index in [0.717, 1.165) is 13.8 Å². The number of hydrogen-bond donors (Lipinski definition) is 4. The minimum absolute atomic E-state index is 0.263. The van der Waals surface area contributed by atoms with Crippen molar-refractivity contribution in [2.75, 3.05) is 0 Å². The Morgan fingerprint density at radius 2 is 0.966 bits per heavy atom. The molecule has 0 spiro atoms. The third kappa shape index (κ3) is 3.08. The largest absolute Gasteiger partial charge is 0.511 e. The quantitative estimate of drug-likeness (QED) is 0.522. The summed E-state index contributed by atoms with van der Waals surface area (Å²) in [7, 11) is 0. The van der Waals surface area contributed by atoms with E-state index in [1.54, 1.807) is 0 Å². The average molecular weight is 404 g/mol. The monoisotopic (exact) mass is 404 g/mol. The van der Waals surface area contributed by atoms with E-state index in [4.69, 9.17) is 0 Å². The number of rotatable bonds is 4. The maximum atomic E-state index is 12.5. The maximum absolute atomic E-state index is 12.5. The van der Waals surface area contributed by atoms with Gasteiger partial charge in [0.15, 0.2) is 23.1 Å². The van der Waals surface area contributed by atoms with Gasteiger partial charge in [-0.05, 0) is 41.5 Å². The molecule has 0 aromatic heterocycles. The van der Waals surface area contributed by atoms with Crippen LogP contribution in [0.3, 0.4) is 0 Å². The first-order chi connectivity index (χ1) is 13.1. The molecule has 4 N–H and O–H groups in total. The number of allylic oxidation sites excluding steroid dienone is 6. The molecule has 0 saturated heterocycles. The summed E-state index contributed by atoms with van der Waals surface area (Å²) in [6.07, 6.45) is -0.518. The summed E-state index contributed by atoms with van der Waals surface area (Å²) in [5, 5.41) is 42.3. The van der Waals surface area contributed by atoms with Crippen LogP contribution in [0.5, 0.6) is 0 Å². The molecule has 29 heavy (non-hydrogen) atoms. The molecule has 8 heteroatoms. The molecular formula is C21H24O8. The number of hydrogen-bond acceptors (Lipinski definition) is 8. The van der Waals surface area contributed by atoms with Gasteiger partial charge in [0.05, 0.1) is 10.8 Å². The van der Waals surface area contributed by atoms with Crippen LogP contribution in [0.25, 0.3) is 0 Å². The molecular weight excluding hydrogens is 380 g/mol. The Morgan fingerprint density at radius 1 is 0.690 bits per heavy atom. The Labute approximate surface area is 167 Å². The zero-order valence-corrected chi connectivity index (χ0v) is 17.1. The SMILES string of the molecule is CC(=O)C1=C(O)C(CC2=C(O)C(C)(C)C(=O)C(C(C)=O)=C2O)=C(O)C(C)(C)C1=O. The predicted molar refractivity (Wildman–Crippen MR) is 102 cm³/mol. The molecule has 8 nitrogen and oxygen atoms in total. The molecule has 0 aromatic carbocycles. The van der Waals surface area contributed by atoms with Crippen molar-refractivity contribution in [3.63, 3.8) is 0 Å². The maximum Gasteiger partial charge on any atom is 0.183 e. The van der Waals surface area contributed by atoms with Gasteiger partial charge in [-0.15, -0.1) is 0 Å². The zero-order chi connectivity index (χ0) is 22.6. The first-order valence-corrected chi connectivity index (χ1v) is 8.92. The molecule has 0 radical (unpaired) electrons. The second kappa shape index (κ2) is 6.72. The molecule has 0 aliphatic heterocycles. The van der Waals surface area contributed by atoms with Gasteiger partial charge in [-0.3, -0.25) is 19.2 Å². The lowest BCUT2D eigenvalue weighted by molar-refractivity contribution is -0.127. The normalized spacial score (nSPS) is 21.9. The third-order valence-electron chi connectivity index (χ3n) is 5.45. The van der Waals surface area contributed by atoms with E-state index in [1.165, 1.54) is 27.7 Å². The molecule has 0 bridgehead atoms. The van der Waals surface area contributed by atoms with Crippen molar-refractivity contribution in [3.8, 4) is 0 Å². The van der Waals surface area contributed by atoms with Gasteiger partial charge in [0.25, 0.3) is 0 Å². The topological polar surface area (TPSA) is 149 Å². The van der Waals surface area contributed by atoms with Crippen LogP contribution < -0.4 is 0 Å². The molecule has 0 aromatic rings. The van der Waals surface area contributed by atoms with Gasteiger partial charge in [0.1, 0.15) is 34.2 Å². The molecule has 0 fully saturated rings. The Morgan fingerprint density at radius 3 is 1.21 bits per heavy atom. The lowest BCUT2D eigenvalue weighted by atomic mass is 9.70. The highest BCUT2D eigenvalue weighted by molar-refractivity contribution is 6.24. The summed E-state index contributed by atoms with van der Waals surface area (Å²) in [5.74, 6) is -5.61. The van der Waals surface area contributed by atoms with Gasteiger partial charge in [0.2, 0.25) is 0 Å². The lowest BCUT2D eigenvalue weighted by Gasteiger charge is -2.33. The molecule has 2 rings (SSSR count). The van der Waals surface area contributed by atoms with E-state index in [1.807, 2.05) is 0 Å². The highest BCUT2D eigenvalue weighted by Crippen LogP contribution is 2.45. The number of Topliss-reactive ketones (excluding diaryl/α,β-unsaturated/α-hetero) is 4. The molecule has 0 atom stereocenters. The number of aliphatic hydroxyl groups is 4. The Kier molecular flexibility index (Phi) is 5.13. The summed E-state index contributed by atoms with van der Waals surface area (Å²) in [6, 6.07) is 0. The average Bonchev–Trinajstić information content (AvgIpc) is 2.58. The molecule has 2 aliphatic carbocycles. The van der Waals surface area contributed by atoms with Crippen LogP contribution in [0, 0.1) is 10.8 Å². The van der Waals surface area contributed by atoms with E-state index >= 15 is 0 Å². The predicted octanol–water partition coefficient (Wildman–Crippen LogP) is 3.02. The Balaban J connectivity index is 2.79.